The SMILES string of the molecule is CC(C)NC(=O)COCC1CCCC1CN. The van der Waals surface area contributed by atoms with Crippen LogP contribution in [-0.4, -0.2) is 31.7 Å². The van der Waals surface area contributed by atoms with Gasteiger partial charge in [0.05, 0.1) is 6.61 Å². The summed E-state index contributed by atoms with van der Waals surface area (Å²) in [7, 11) is 0. The van der Waals surface area contributed by atoms with Gasteiger partial charge in [0.2, 0.25) is 5.91 Å². The first-order valence-corrected chi connectivity index (χ1v) is 6.20. The zero-order chi connectivity index (χ0) is 12.0. The molecule has 0 aromatic carbocycles. The molecule has 1 aliphatic carbocycles. The van der Waals surface area contributed by atoms with E-state index in [4.69, 9.17) is 10.5 Å². The number of carbonyl (C=O) groups is 1. The monoisotopic (exact) mass is 228 g/mol. The number of rotatable bonds is 6. The molecule has 2 unspecified atom stereocenters. The Balaban J connectivity index is 2.12. The molecule has 0 heterocycles. The number of carbonyl (C=O) groups excluding carboxylic acids is 1. The molecule has 1 aliphatic rings. The Morgan fingerprint density at radius 3 is 2.75 bits per heavy atom. The number of ether oxygens (including phenoxy) is 1. The lowest BCUT2D eigenvalue weighted by Gasteiger charge is -2.17. The van der Waals surface area contributed by atoms with E-state index in [1.165, 1.54) is 19.3 Å². The van der Waals surface area contributed by atoms with Gasteiger partial charge in [-0.25, -0.2) is 0 Å². The van der Waals surface area contributed by atoms with Gasteiger partial charge in [-0.2, -0.15) is 0 Å². The molecular weight excluding hydrogens is 204 g/mol. The third kappa shape index (κ3) is 4.49. The van der Waals surface area contributed by atoms with Gasteiger partial charge in [0.25, 0.3) is 0 Å². The van der Waals surface area contributed by atoms with Gasteiger partial charge in [-0.15, -0.1) is 0 Å². The van der Waals surface area contributed by atoms with Crippen LogP contribution in [0.1, 0.15) is 33.1 Å². The molecule has 1 amide bonds. The molecule has 1 rings (SSSR count). The molecule has 3 N–H and O–H groups in total. The summed E-state index contributed by atoms with van der Waals surface area (Å²) >= 11 is 0. The fourth-order valence-electron chi connectivity index (χ4n) is 2.31. The van der Waals surface area contributed by atoms with E-state index in [1.807, 2.05) is 13.8 Å². The summed E-state index contributed by atoms with van der Waals surface area (Å²) in [5, 5.41) is 2.80. The molecule has 1 fully saturated rings. The summed E-state index contributed by atoms with van der Waals surface area (Å²) < 4.78 is 5.44. The lowest BCUT2D eigenvalue weighted by molar-refractivity contribution is -0.126. The topological polar surface area (TPSA) is 64.3 Å². The summed E-state index contributed by atoms with van der Waals surface area (Å²) in [6.45, 7) is 5.48. The molecule has 0 radical (unpaired) electrons. The average molecular weight is 228 g/mol. The Kier molecular flexibility index (Phi) is 5.77. The van der Waals surface area contributed by atoms with Crippen LogP contribution >= 0.6 is 0 Å². The zero-order valence-corrected chi connectivity index (χ0v) is 10.4. The van der Waals surface area contributed by atoms with Gasteiger partial charge in [-0.1, -0.05) is 6.42 Å². The van der Waals surface area contributed by atoms with Gasteiger partial charge < -0.3 is 15.8 Å². The van der Waals surface area contributed by atoms with Crippen LogP contribution in [0, 0.1) is 11.8 Å². The fourth-order valence-corrected chi connectivity index (χ4v) is 2.31. The molecule has 1 saturated carbocycles. The van der Waals surface area contributed by atoms with Crippen molar-refractivity contribution in [2.45, 2.75) is 39.2 Å². The highest BCUT2D eigenvalue weighted by Gasteiger charge is 2.26. The van der Waals surface area contributed by atoms with Crippen molar-refractivity contribution < 1.29 is 9.53 Å². The zero-order valence-electron chi connectivity index (χ0n) is 10.4. The van der Waals surface area contributed by atoms with Crippen molar-refractivity contribution in [3.8, 4) is 0 Å². The van der Waals surface area contributed by atoms with Gasteiger partial charge in [0, 0.05) is 6.04 Å². The first-order valence-electron chi connectivity index (χ1n) is 6.20. The van der Waals surface area contributed by atoms with Gasteiger partial charge in [-0.3, -0.25) is 4.79 Å². The highest BCUT2D eigenvalue weighted by atomic mass is 16.5. The highest BCUT2D eigenvalue weighted by Crippen LogP contribution is 2.30. The van der Waals surface area contributed by atoms with Crippen LogP contribution < -0.4 is 11.1 Å². The molecule has 0 saturated heterocycles. The third-order valence-corrected chi connectivity index (χ3v) is 3.13. The Hall–Kier alpha value is -0.610. The van der Waals surface area contributed by atoms with E-state index in [0.29, 0.717) is 18.4 Å². The maximum Gasteiger partial charge on any atom is 0.246 e. The van der Waals surface area contributed by atoms with Crippen molar-refractivity contribution in [1.29, 1.82) is 0 Å². The largest absolute Gasteiger partial charge is 0.371 e. The van der Waals surface area contributed by atoms with Crippen LogP contribution in [0.3, 0.4) is 0 Å². The minimum absolute atomic E-state index is 0.0303. The molecule has 4 heteroatoms. The van der Waals surface area contributed by atoms with Crippen molar-refractivity contribution >= 4 is 5.91 Å². The minimum atomic E-state index is -0.0303. The van der Waals surface area contributed by atoms with Gasteiger partial charge in [0.15, 0.2) is 0 Å². The molecular formula is C12H24N2O2. The second kappa shape index (κ2) is 6.86. The number of hydrogen-bond donors (Lipinski definition) is 2. The van der Waals surface area contributed by atoms with Gasteiger partial charge >= 0.3 is 0 Å². The lowest BCUT2D eigenvalue weighted by atomic mass is 9.97. The molecule has 0 aromatic heterocycles. The first kappa shape index (κ1) is 13.5. The van der Waals surface area contributed by atoms with E-state index in [1.54, 1.807) is 0 Å². The van der Waals surface area contributed by atoms with Crippen molar-refractivity contribution in [2.75, 3.05) is 19.8 Å². The van der Waals surface area contributed by atoms with Crippen LogP contribution in [0.4, 0.5) is 0 Å². The first-order chi connectivity index (χ1) is 7.63. The lowest BCUT2D eigenvalue weighted by Crippen LogP contribution is -2.34. The molecule has 0 spiro atoms. The predicted octanol–water partition coefficient (Wildman–Crippen LogP) is 0.903. The molecule has 94 valence electrons. The standard InChI is InChI=1S/C12H24N2O2/c1-9(2)14-12(15)8-16-7-11-5-3-4-10(11)6-13/h9-11H,3-8,13H2,1-2H3,(H,14,15). The fraction of sp³-hybridized carbons (Fsp3) is 0.917. The quantitative estimate of drug-likeness (QED) is 0.710. The van der Waals surface area contributed by atoms with E-state index in [-0.39, 0.29) is 18.6 Å². The number of nitrogens with two attached hydrogens (primary N) is 1. The van der Waals surface area contributed by atoms with Crippen LogP contribution in [0.2, 0.25) is 0 Å². The molecule has 4 nitrogen and oxygen atoms in total. The van der Waals surface area contributed by atoms with Crippen LogP contribution in [-0.2, 0) is 9.53 Å². The van der Waals surface area contributed by atoms with Crippen molar-refractivity contribution in [1.82, 2.24) is 5.32 Å². The van der Waals surface area contributed by atoms with E-state index >= 15 is 0 Å². The third-order valence-electron chi connectivity index (χ3n) is 3.13. The summed E-state index contributed by atoms with van der Waals surface area (Å²) in [5.41, 5.74) is 5.69. The van der Waals surface area contributed by atoms with E-state index in [9.17, 15) is 4.79 Å². The number of nitrogens with one attached hydrogen (secondary N) is 1. The molecule has 0 bridgehead atoms. The summed E-state index contributed by atoms with van der Waals surface area (Å²) in [6.07, 6.45) is 3.64. The Morgan fingerprint density at radius 1 is 1.44 bits per heavy atom. The maximum atomic E-state index is 11.3. The van der Waals surface area contributed by atoms with Gasteiger partial charge in [0.1, 0.15) is 6.61 Å². The second-order valence-corrected chi connectivity index (χ2v) is 4.92. The van der Waals surface area contributed by atoms with Crippen LogP contribution in [0.15, 0.2) is 0 Å². The second-order valence-electron chi connectivity index (χ2n) is 4.92. The van der Waals surface area contributed by atoms with Crippen molar-refractivity contribution in [3.63, 3.8) is 0 Å². The molecule has 2 atom stereocenters. The number of amides is 1. The highest BCUT2D eigenvalue weighted by molar-refractivity contribution is 5.77. The van der Waals surface area contributed by atoms with E-state index in [2.05, 4.69) is 5.32 Å². The summed E-state index contributed by atoms with van der Waals surface area (Å²) in [6, 6.07) is 0.180. The van der Waals surface area contributed by atoms with Gasteiger partial charge in [-0.05, 0) is 45.1 Å². The molecule has 0 aliphatic heterocycles. The Bertz CT molecular complexity index is 219. The maximum absolute atomic E-state index is 11.3. The summed E-state index contributed by atoms with van der Waals surface area (Å²) in [4.78, 5) is 11.3. The smallest absolute Gasteiger partial charge is 0.246 e. The van der Waals surface area contributed by atoms with Crippen molar-refractivity contribution in [3.05, 3.63) is 0 Å². The van der Waals surface area contributed by atoms with E-state index in [0.717, 1.165) is 6.54 Å². The average Bonchev–Trinajstić information content (AvgIpc) is 2.64. The van der Waals surface area contributed by atoms with Crippen LogP contribution in [0.5, 0.6) is 0 Å². The predicted molar refractivity (Wildman–Crippen MR) is 64.0 cm³/mol. The molecule has 16 heavy (non-hydrogen) atoms. The molecule has 0 aromatic rings. The summed E-state index contributed by atoms with van der Waals surface area (Å²) in [5.74, 6) is 1.11. The normalized spacial score (nSPS) is 25.0. The number of hydrogen-bond acceptors (Lipinski definition) is 3. The Morgan fingerprint density at radius 2 is 2.12 bits per heavy atom. The van der Waals surface area contributed by atoms with Crippen LogP contribution in [0.25, 0.3) is 0 Å². The minimum Gasteiger partial charge on any atom is -0.371 e. The van der Waals surface area contributed by atoms with E-state index < -0.39 is 0 Å². The Labute approximate surface area is 97.9 Å². The van der Waals surface area contributed by atoms with Crippen molar-refractivity contribution in [2.24, 2.45) is 17.6 Å².